The van der Waals surface area contributed by atoms with E-state index in [0.29, 0.717) is 29.9 Å². The van der Waals surface area contributed by atoms with E-state index < -0.39 is 23.6 Å². The Balaban J connectivity index is 0.896. The summed E-state index contributed by atoms with van der Waals surface area (Å²) in [5, 5.41) is 8.45. The van der Waals surface area contributed by atoms with Crippen LogP contribution in [0, 0.1) is 0 Å². The lowest BCUT2D eigenvalue weighted by molar-refractivity contribution is -0.132. The quantitative estimate of drug-likeness (QED) is 0.103. The molecule has 300 valence electrons. The van der Waals surface area contributed by atoms with Gasteiger partial charge in [0, 0.05) is 67.8 Å². The number of Topliss-reactive ketones (excluding diaryl/α,β-unsaturated/α-hetero) is 2. The summed E-state index contributed by atoms with van der Waals surface area (Å²) in [4.78, 5) is 93.7. The maximum Gasteiger partial charge on any atom is 0.264 e. The molecule has 6 rings (SSSR count). The Morgan fingerprint density at radius 2 is 1.63 bits per heavy atom. The van der Waals surface area contributed by atoms with E-state index >= 15 is 0 Å². The van der Waals surface area contributed by atoms with Crippen LogP contribution in [0.1, 0.15) is 82.5 Å². The predicted octanol–water partition coefficient (Wildman–Crippen LogP) is 2.53. The number of carbonyl (C=O) groups is 6. The monoisotopic (exact) mass is 782 g/mol. The highest BCUT2D eigenvalue weighted by Gasteiger charge is 2.45. The van der Waals surface area contributed by atoms with Gasteiger partial charge in [0.25, 0.3) is 17.4 Å². The zero-order valence-corrected chi connectivity index (χ0v) is 32.4. The number of carbonyl (C=O) groups excluding carboxylic acids is 6. The van der Waals surface area contributed by atoms with E-state index in [4.69, 9.17) is 14.2 Å². The molecule has 3 N–H and O–H groups in total. The molecule has 3 aromatic rings. The number of anilines is 1. The standard InChI is InChI=1S/C41H46N6O10/c1-23-37-28(20-44-23)29(22-46(2)40(37)53)24-17-33(55-3)26(34(18-24)56-4)7-6-10-35(50)42-13-15-57-16-14-43-36(51)21-45-30-9-5-8-27-38(30)41(54)47(39(27)52)31-12-11-25(48)19-32(31)49/h5,8-9,17-18,20,22-23,31,45H,6-7,10-16,19,21H2,1-4H3,(H,42,50)(H,43,51). The van der Waals surface area contributed by atoms with Crippen molar-refractivity contribution in [3.63, 3.8) is 0 Å². The van der Waals surface area contributed by atoms with E-state index in [0.717, 1.165) is 27.2 Å². The van der Waals surface area contributed by atoms with Crippen LogP contribution in [0.3, 0.4) is 0 Å². The second-order valence-electron chi connectivity index (χ2n) is 14.1. The van der Waals surface area contributed by atoms with Crippen molar-refractivity contribution in [2.24, 2.45) is 12.0 Å². The van der Waals surface area contributed by atoms with Crippen molar-refractivity contribution in [3.05, 3.63) is 74.7 Å². The first-order valence-corrected chi connectivity index (χ1v) is 18.9. The number of benzene rings is 2. The van der Waals surface area contributed by atoms with E-state index in [9.17, 15) is 33.6 Å². The molecular formula is C41H46N6O10. The van der Waals surface area contributed by atoms with Crippen LogP contribution in [0.25, 0.3) is 11.1 Å². The van der Waals surface area contributed by atoms with Crippen LogP contribution in [0.15, 0.2) is 46.3 Å². The third-order valence-corrected chi connectivity index (χ3v) is 10.3. The first-order valence-electron chi connectivity index (χ1n) is 18.9. The molecule has 2 unspecified atom stereocenters. The molecule has 0 spiro atoms. The van der Waals surface area contributed by atoms with Gasteiger partial charge in [-0.1, -0.05) is 6.07 Å². The molecule has 16 heteroatoms. The van der Waals surface area contributed by atoms with Crippen molar-refractivity contribution in [1.29, 1.82) is 0 Å². The fourth-order valence-corrected chi connectivity index (χ4v) is 7.44. The molecule has 1 saturated carbocycles. The summed E-state index contributed by atoms with van der Waals surface area (Å²) in [5.74, 6) is -1.18. The lowest BCUT2D eigenvalue weighted by Gasteiger charge is -2.27. The molecule has 1 fully saturated rings. The lowest BCUT2D eigenvalue weighted by Crippen LogP contribution is -2.47. The van der Waals surface area contributed by atoms with Gasteiger partial charge in [0.15, 0.2) is 5.78 Å². The van der Waals surface area contributed by atoms with Gasteiger partial charge in [-0.15, -0.1) is 0 Å². The molecule has 3 heterocycles. The number of aromatic nitrogens is 1. The minimum Gasteiger partial charge on any atom is -0.496 e. The number of rotatable bonds is 17. The number of imide groups is 1. The summed E-state index contributed by atoms with van der Waals surface area (Å²) in [6.07, 6.45) is 4.79. The normalized spacial score (nSPS) is 17.1. The van der Waals surface area contributed by atoms with Crippen molar-refractivity contribution in [2.75, 3.05) is 52.4 Å². The summed E-state index contributed by atoms with van der Waals surface area (Å²) in [5.41, 5.74) is 4.38. The third-order valence-electron chi connectivity index (χ3n) is 10.3. The fourth-order valence-electron chi connectivity index (χ4n) is 7.44. The average Bonchev–Trinajstić information content (AvgIpc) is 3.71. The minimum absolute atomic E-state index is 0.0758. The van der Waals surface area contributed by atoms with Crippen LogP contribution in [0.2, 0.25) is 0 Å². The molecule has 4 amide bonds. The molecule has 1 aromatic heterocycles. The first kappa shape index (κ1) is 40.5. The number of amides is 4. The van der Waals surface area contributed by atoms with Crippen molar-refractivity contribution < 1.29 is 43.0 Å². The summed E-state index contributed by atoms with van der Waals surface area (Å²) in [6.45, 7) is 2.64. The zero-order chi connectivity index (χ0) is 40.8. The Hall–Kier alpha value is -6.16. The topological polar surface area (TPSA) is 204 Å². The maximum absolute atomic E-state index is 13.3. The highest BCUT2D eigenvalue weighted by molar-refractivity contribution is 6.25. The summed E-state index contributed by atoms with van der Waals surface area (Å²) in [6, 6.07) is 7.27. The molecule has 57 heavy (non-hydrogen) atoms. The number of aryl methyl sites for hydroxylation is 1. The average molecular weight is 783 g/mol. The van der Waals surface area contributed by atoms with Crippen molar-refractivity contribution >= 4 is 47.1 Å². The Labute approximate surface area is 328 Å². The van der Waals surface area contributed by atoms with Crippen molar-refractivity contribution in [2.45, 2.75) is 57.5 Å². The van der Waals surface area contributed by atoms with E-state index in [1.807, 2.05) is 19.1 Å². The number of methoxy groups -OCH3 is 2. The van der Waals surface area contributed by atoms with E-state index in [2.05, 4.69) is 20.9 Å². The number of pyridine rings is 1. The SMILES string of the molecule is COc1cc(-c2cn(C)c(=O)c3c2C=NC3C)cc(OC)c1CCCC(=O)NCCOCCNC(=O)CNc1cccc2c1C(=O)N(C1CCC(=O)CC1=O)C2=O. The molecule has 2 atom stereocenters. The van der Waals surface area contributed by atoms with Crippen LogP contribution >= 0.6 is 0 Å². The molecule has 0 bridgehead atoms. The number of nitrogens with one attached hydrogen (secondary N) is 3. The van der Waals surface area contributed by atoms with Crippen molar-refractivity contribution in [1.82, 2.24) is 20.1 Å². The van der Waals surface area contributed by atoms with Gasteiger partial charge < -0.3 is 34.7 Å². The molecule has 1 aliphatic carbocycles. The first-order chi connectivity index (χ1) is 27.4. The Morgan fingerprint density at radius 3 is 2.32 bits per heavy atom. The van der Waals surface area contributed by atoms with Crippen LogP contribution < -0.4 is 31.0 Å². The Bertz CT molecular complexity index is 2190. The molecule has 16 nitrogen and oxygen atoms in total. The van der Waals surface area contributed by atoms with Crippen LogP contribution in [-0.2, 0) is 37.4 Å². The number of hydrogen-bond donors (Lipinski definition) is 3. The highest BCUT2D eigenvalue weighted by Crippen LogP contribution is 2.39. The largest absolute Gasteiger partial charge is 0.496 e. The number of fused-ring (bicyclic) bond motifs is 2. The van der Waals surface area contributed by atoms with E-state index in [1.54, 1.807) is 50.4 Å². The van der Waals surface area contributed by atoms with Crippen LogP contribution in [-0.4, -0.2) is 104 Å². The predicted molar refractivity (Wildman–Crippen MR) is 209 cm³/mol. The molecule has 0 radical (unpaired) electrons. The second-order valence-corrected chi connectivity index (χ2v) is 14.1. The molecule has 3 aliphatic rings. The van der Waals surface area contributed by atoms with E-state index in [-0.39, 0.29) is 105 Å². The van der Waals surface area contributed by atoms with Crippen LogP contribution in [0.5, 0.6) is 11.5 Å². The van der Waals surface area contributed by atoms with Gasteiger partial charge in [-0.05, 0) is 56.0 Å². The number of aliphatic imine (C=N–C) groups is 1. The minimum atomic E-state index is -0.980. The summed E-state index contributed by atoms with van der Waals surface area (Å²) >= 11 is 0. The zero-order valence-electron chi connectivity index (χ0n) is 32.4. The number of nitrogens with zero attached hydrogens (tertiary/aromatic N) is 3. The fraction of sp³-hybridized carbons (Fsp3) is 0.415. The van der Waals surface area contributed by atoms with Gasteiger partial charge >= 0.3 is 0 Å². The number of hydrogen-bond acceptors (Lipinski definition) is 12. The smallest absolute Gasteiger partial charge is 0.264 e. The van der Waals surface area contributed by atoms with Gasteiger partial charge in [0.2, 0.25) is 11.8 Å². The Morgan fingerprint density at radius 1 is 0.930 bits per heavy atom. The number of ketones is 2. The second kappa shape index (κ2) is 17.7. The third kappa shape index (κ3) is 8.65. The summed E-state index contributed by atoms with van der Waals surface area (Å²) in [7, 11) is 4.88. The maximum atomic E-state index is 13.3. The molecule has 0 saturated heterocycles. The summed E-state index contributed by atoms with van der Waals surface area (Å²) < 4.78 is 18.6. The Kier molecular flexibility index (Phi) is 12.6. The molecule has 2 aromatic carbocycles. The van der Waals surface area contributed by atoms with Gasteiger partial charge in [-0.3, -0.25) is 43.5 Å². The molecule has 2 aliphatic heterocycles. The highest BCUT2D eigenvalue weighted by atomic mass is 16.5. The molecular weight excluding hydrogens is 736 g/mol. The van der Waals surface area contributed by atoms with Crippen LogP contribution in [0.4, 0.5) is 5.69 Å². The number of ether oxygens (including phenoxy) is 3. The van der Waals surface area contributed by atoms with Gasteiger partial charge in [0.1, 0.15) is 17.3 Å². The van der Waals surface area contributed by atoms with Crippen molar-refractivity contribution in [3.8, 4) is 22.6 Å². The van der Waals surface area contributed by atoms with Gasteiger partial charge in [-0.2, -0.15) is 0 Å². The lowest BCUT2D eigenvalue weighted by atomic mass is 9.92. The van der Waals surface area contributed by atoms with E-state index in [1.165, 1.54) is 6.07 Å². The van der Waals surface area contributed by atoms with Gasteiger partial charge in [-0.25, -0.2) is 0 Å². The van der Waals surface area contributed by atoms with Gasteiger partial charge in [0.05, 0.1) is 69.2 Å².